The molecule has 0 heterocycles. The molecule has 5 nitrogen and oxygen atoms in total. The van der Waals surface area contributed by atoms with Crippen LogP contribution in [0, 0.1) is 6.92 Å². The first-order chi connectivity index (χ1) is 13.3. The van der Waals surface area contributed by atoms with E-state index in [4.69, 9.17) is 16.3 Å². The summed E-state index contributed by atoms with van der Waals surface area (Å²) in [6.07, 6.45) is 0. The largest absolute Gasteiger partial charge is 0.421 e. The Labute approximate surface area is 169 Å². The summed E-state index contributed by atoms with van der Waals surface area (Å²) >= 11 is 5.99. The van der Waals surface area contributed by atoms with Gasteiger partial charge in [-0.25, -0.2) is 13.2 Å². The van der Waals surface area contributed by atoms with Crippen LogP contribution in [-0.2, 0) is 10.0 Å². The van der Waals surface area contributed by atoms with E-state index >= 15 is 0 Å². The van der Waals surface area contributed by atoms with Gasteiger partial charge in [0.15, 0.2) is 0 Å². The molecule has 0 spiro atoms. The zero-order valence-electron chi connectivity index (χ0n) is 15.3. The first-order valence-corrected chi connectivity index (χ1v) is 10.2. The maximum Gasteiger partial charge on any atom is 0.343 e. The number of aryl methyl sites for hydroxylation is 1. The first kappa shape index (κ1) is 19.9. The van der Waals surface area contributed by atoms with Gasteiger partial charge in [0.25, 0.3) is 10.0 Å². The molecule has 0 amide bonds. The minimum atomic E-state index is -3.70. The van der Waals surface area contributed by atoms with Crippen LogP contribution in [0.25, 0.3) is 0 Å². The van der Waals surface area contributed by atoms with Crippen molar-refractivity contribution in [2.24, 2.45) is 0 Å². The van der Waals surface area contributed by atoms with E-state index in [1.807, 2.05) is 6.92 Å². The molecule has 0 aromatic heterocycles. The average molecular weight is 416 g/mol. The molecule has 0 fully saturated rings. The number of ether oxygens (including phenoxy) is 1. The Morgan fingerprint density at radius 3 is 2.14 bits per heavy atom. The van der Waals surface area contributed by atoms with E-state index in [-0.39, 0.29) is 16.2 Å². The van der Waals surface area contributed by atoms with Crippen molar-refractivity contribution in [3.8, 4) is 5.75 Å². The fourth-order valence-corrected chi connectivity index (χ4v) is 3.87. The number of hydrogen-bond acceptors (Lipinski definition) is 4. The van der Waals surface area contributed by atoms with Crippen molar-refractivity contribution < 1.29 is 17.9 Å². The molecule has 144 valence electrons. The molecule has 0 saturated heterocycles. The van der Waals surface area contributed by atoms with Crippen molar-refractivity contribution in [1.29, 1.82) is 0 Å². The van der Waals surface area contributed by atoms with Crippen LogP contribution in [0.2, 0.25) is 5.02 Å². The second-order valence-electron chi connectivity index (χ2n) is 6.15. The maximum absolute atomic E-state index is 12.8. The SMILES string of the molecule is Cc1ccc(S(=O)(=O)N(C)c2ccc(C(=O)Oc3ccccc3Cl)cc2)cc1. The van der Waals surface area contributed by atoms with Gasteiger partial charge in [-0.3, -0.25) is 4.31 Å². The molecule has 0 unspecified atom stereocenters. The number of anilines is 1. The lowest BCUT2D eigenvalue weighted by atomic mass is 10.2. The van der Waals surface area contributed by atoms with E-state index in [1.165, 1.54) is 23.5 Å². The highest BCUT2D eigenvalue weighted by Crippen LogP contribution is 2.26. The lowest BCUT2D eigenvalue weighted by Gasteiger charge is -2.20. The Morgan fingerprint density at radius 1 is 0.929 bits per heavy atom. The average Bonchev–Trinajstić information content (AvgIpc) is 2.69. The van der Waals surface area contributed by atoms with Gasteiger partial charge in [-0.15, -0.1) is 0 Å². The molecule has 3 aromatic carbocycles. The van der Waals surface area contributed by atoms with Crippen LogP contribution in [0.1, 0.15) is 15.9 Å². The summed E-state index contributed by atoms with van der Waals surface area (Å²) in [6.45, 7) is 1.89. The Bertz CT molecular complexity index is 1090. The van der Waals surface area contributed by atoms with Gasteiger partial charge in [-0.05, 0) is 55.5 Å². The van der Waals surface area contributed by atoms with E-state index in [9.17, 15) is 13.2 Å². The molecular formula is C21H18ClNO4S. The molecule has 0 aliphatic heterocycles. The number of halogens is 1. The molecule has 3 aromatic rings. The number of carbonyl (C=O) groups is 1. The van der Waals surface area contributed by atoms with Crippen molar-refractivity contribution in [2.45, 2.75) is 11.8 Å². The third-order valence-electron chi connectivity index (χ3n) is 4.19. The Balaban J connectivity index is 1.79. The van der Waals surface area contributed by atoms with Crippen molar-refractivity contribution in [3.05, 3.63) is 88.9 Å². The molecular weight excluding hydrogens is 398 g/mol. The highest BCUT2D eigenvalue weighted by molar-refractivity contribution is 7.92. The van der Waals surface area contributed by atoms with Crippen LogP contribution < -0.4 is 9.04 Å². The van der Waals surface area contributed by atoms with Crippen molar-refractivity contribution in [1.82, 2.24) is 0 Å². The van der Waals surface area contributed by atoms with Gasteiger partial charge in [0.1, 0.15) is 5.75 Å². The predicted octanol–water partition coefficient (Wildman–Crippen LogP) is 4.69. The third-order valence-corrected chi connectivity index (χ3v) is 6.30. The van der Waals surface area contributed by atoms with Crippen molar-refractivity contribution in [2.75, 3.05) is 11.4 Å². The fraction of sp³-hybridized carbons (Fsp3) is 0.0952. The summed E-state index contributed by atoms with van der Waals surface area (Å²) in [5.74, 6) is -0.319. The van der Waals surface area contributed by atoms with Gasteiger partial charge in [0.05, 0.1) is 21.2 Å². The molecule has 0 N–H and O–H groups in total. The maximum atomic E-state index is 12.8. The van der Waals surface area contributed by atoms with Crippen LogP contribution in [-0.4, -0.2) is 21.4 Å². The third kappa shape index (κ3) is 4.18. The number of hydrogen-bond donors (Lipinski definition) is 0. The Kier molecular flexibility index (Phi) is 5.72. The van der Waals surface area contributed by atoms with E-state index in [0.29, 0.717) is 10.7 Å². The predicted molar refractivity (Wildman–Crippen MR) is 110 cm³/mol. The number of nitrogens with zero attached hydrogens (tertiary/aromatic N) is 1. The number of para-hydroxylation sites is 1. The van der Waals surface area contributed by atoms with Crippen LogP contribution in [0.4, 0.5) is 5.69 Å². The molecule has 7 heteroatoms. The Hall–Kier alpha value is -2.83. The van der Waals surface area contributed by atoms with E-state index < -0.39 is 16.0 Å². The smallest absolute Gasteiger partial charge is 0.343 e. The summed E-state index contributed by atoms with van der Waals surface area (Å²) in [4.78, 5) is 12.5. The lowest BCUT2D eigenvalue weighted by Crippen LogP contribution is -2.26. The highest BCUT2D eigenvalue weighted by Gasteiger charge is 2.21. The van der Waals surface area contributed by atoms with Crippen LogP contribution >= 0.6 is 11.6 Å². The number of esters is 1. The van der Waals surface area contributed by atoms with Gasteiger partial charge >= 0.3 is 5.97 Å². The molecule has 0 aliphatic carbocycles. The van der Waals surface area contributed by atoms with E-state index in [2.05, 4.69) is 0 Å². The summed E-state index contributed by atoms with van der Waals surface area (Å²) < 4.78 is 32.0. The highest BCUT2D eigenvalue weighted by atomic mass is 35.5. The molecule has 3 rings (SSSR count). The number of carbonyl (C=O) groups excluding carboxylic acids is 1. The summed E-state index contributed by atoms with van der Waals surface area (Å²) in [6, 6.07) is 19.4. The second-order valence-corrected chi connectivity index (χ2v) is 8.53. The van der Waals surface area contributed by atoms with Crippen LogP contribution in [0.15, 0.2) is 77.7 Å². The van der Waals surface area contributed by atoms with Gasteiger partial charge in [-0.1, -0.05) is 41.4 Å². The summed E-state index contributed by atoms with van der Waals surface area (Å²) in [7, 11) is -2.23. The minimum Gasteiger partial charge on any atom is -0.421 e. The molecule has 0 bridgehead atoms. The fourth-order valence-electron chi connectivity index (χ4n) is 2.50. The number of sulfonamides is 1. The molecule has 0 aliphatic rings. The van der Waals surface area contributed by atoms with Crippen molar-refractivity contribution >= 4 is 33.3 Å². The molecule has 0 radical (unpaired) electrons. The van der Waals surface area contributed by atoms with Crippen LogP contribution in [0.5, 0.6) is 5.75 Å². The summed E-state index contributed by atoms with van der Waals surface area (Å²) in [5.41, 5.74) is 1.68. The monoisotopic (exact) mass is 415 g/mol. The minimum absolute atomic E-state index is 0.197. The van der Waals surface area contributed by atoms with E-state index in [1.54, 1.807) is 60.7 Å². The quantitative estimate of drug-likeness (QED) is 0.448. The normalized spacial score (nSPS) is 11.1. The van der Waals surface area contributed by atoms with Crippen molar-refractivity contribution in [3.63, 3.8) is 0 Å². The summed E-state index contributed by atoms with van der Waals surface area (Å²) in [5, 5.41) is 0.330. The van der Waals surface area contributed by atoms with Gasteiger partial charge in [0, 0.05) is 7.05 Å². The zero-order valence-corrected chi connectivity index (χ0v) is 16.9. The van der Waals surface area contributed by atoms with Gasteiger partial charge in [-0.2, -0.15) is 0 Å². The Morgan fingerprint density at radius 2 is 1.54 bits per heavy atom. The van der Waals surface area contributed by atoms with E-state index in [0.717, 1.165) is 5.56 Å². The van der Waals surface area contributed by atoms with Crippen LogP contribution in [0.3, 0.4) is 0 Å². The topological polar surface area (TPSA) is 63.7 Å². The molecule has 0 atom stereocenters. The molecule has 28 heavy (non-hydrogen) atoms. The number of benzene rings is 3. The second kappa shape index (κ2) is 8.04. The first-order valence-electron chi connectivity index (χ1n) is 8.41. The van der Waals surface area contributed by atoms with Gasteiger partial charge in [0.2, 0.25) is 0 Å². The number of rotatable bonds is 5. The lowest BCUT2D eigenvalue weighted by molar-refractivity contribution is 0.0735. The molecule has 0 saturated carbocycles. The zero-order chi connectivity index (χ0) is 20.3. The van der Waals surface area contributed by atoms with Gasteiger partial charge < -0.3 is 4.74 Å². The standard InChI is InChI=1S/C21H18ClNO4S/c1-15-7-13-18(14-8-15)28(25,26)23(2)17-11-9-16(10-12-17)21(24)27-20-6-4-3-5-19(20)22/h3-14H,1-2H3.